The highest BCUT2D eigenvalue weighted by molar-refractivity contribution is 5.93. The average molecular weight is 328 g/mol. The summed E-state index contributed by atoms with van der Waals surface area (Å²) in [6.07, 6.45) is -1.34. The zero-order valence-electron chi connectivity index (χ0n) is 12.5. The number of carbonyl (C=O) groups excluding carboxylic acids is 1. The van der Waals surface area contributed by atoms with Crippen molar-refractivity contribution in [2.24, 2.45) is 0 Å². The molecule has 24 heavy (non-hydrogen) atoms. The number of amides is 1. The maximum absolute atomic E-state index is 12.6. The first-order chi connectivity index (χ1) is 11.6. The molecule has 3 aromatic rings. The standard InChI is InChI=1S/C17H14F2N4O/c18-16(19)14-8-11(6-7-20-14)10-21-17(24)15-9-13(22-23-15)12-4-2-1-3-5-12/h1-9,16H,10H2,(H,21,24)(H,22,23). The van der Waals surface area contributed by atoms with Crippen molar-refractivity contribution < 1.29 is 13.6 Å². The summed E-state index contributed by atoms with van der Waals surface area (Å²) in [5.74, 6) is -0.361. The number of rotatable bonds is 5. The Morgan fingerprint density at radius 1 is 1.17 bits per heavy atom. The molecule has 7 heteroatoms. The van der Waals surface area contributed by atoms with E-state index in [0.717, 1.165) is 5.56 Å². The summed E-state index contributed by atoms with van der Waals surface area (Å²) in [6.45, 7) is 0.126. The first-order valence-electron chi connectivity index (χ1n) is 7.25. The van der Waals surface area contributed by atoms with Crippen molar-refractivity contribution in [2.75, 3.05) is 0 Å². The second kappa shape index (κ2) is 6.99. The molecular weight excluding hydrogens is 314 g/mol. The van der Waals surface area contributed by atoms with Crippen LogP contribution in [0.5, 0.6) is 0 Å². The average Bonchev–Trinajstić information content (AvgIpc) is 3.11. The molecule has 0 spiro atoms. The molecule has 2 N–H and O–H groups in total. The van der Waals surface area contributed by atoms with Gasteiger partial charge >= 0.3 is 0 Å². The Morgan fingerprint density at radius 2 is 1.96 bits per heavy atom. The predicted molar refractivity (Wildman–Crippen MR) is 84.4 cm³/mol. The molecule has 2 aromatic heterocycles. The van der Waals surface area contributed by atoms with Gasteiger partial charge in [0.05, 0.1) is 5.69 Å². The minimum Gasteiger partial charge on any atom is -0.347 e. The lowest BCUT2D eigenvalue weighted by atomic mass is 10.1. The van der Waals surface area contributed by atoms with Gasteiger partial charge in [0.1, 0.15) is 11.4 Å². The van der Waals surface area contributed by atoms with E-state index in [1.807, 2.05) is 30.3 Å². The topological polar surface area (TPSA) is 70.7 Å². The molecule has 0 fully saturated rings. The van der Waals surface area contributed by atoms with Gasteiger partial charge in [-0.05, 0) is 23.8 Å². The summed E-state index contributed by atoms with van der Waals surface area (Å²) in [5.41, 5.74) is 2.09. The third-order valence-electron chi connectivity index (χ3n) is 3.41. The predicted octanol–water partition coefficient (Wildman–Crippen LogP) is 3.34. The van der Waals surface area contributed by atoms with Crippen molar-refractivity contribution in [3.63, 3.8) is 0 Å². The Kier molecular flexibility index (Phi) is 4.60. The van der Waals surface area contributed by atoms with Crippen molar-refractivity contribution >= 4 is 5.91 Å². The van der Waals surface area contributed by atoms with Crippen LogP contribution in [-0.4, -0.2) is 21.1 Å². The van der Waals surface area contributed by atoms with Gasteiger partial charge in [-0.15, -0.1) is 0 Å². The summed E-state index contributed by atoms with van der Waals surface area (Å²) in [5, 5.41) is 9.44. The van der Waals surface area contributed by atoms with Crippen molar-refractivity contribution in [1.29, 1.82) is 0 Å². The minimum atomic E-state index is -2.64. The maximum Gasteiger partial charge on any atom is 0.280 e. The summed E-state index contributed by atoms with van der Waals surface area (Å²) < 4.78 is 25.2. The first kappa shape index (κ1) is 15.8. The zero-order chi connectivity index (χ0) is 16.9. The van der Waals surface area contributed by atoms with E-state index in [4.69, 9.17) is 0 Å². The number of hydrogen-bond acceptors (Lipinski definition) is 3. The quantitative estimate of drug-likeness (QED) is 0.754. The van der Waals surface area contributed by atoms with Crippen LogP contribution in [0.1, 0.15) is 28.2 Å². The number of H-pyrrole nitrogens is 1. The van der Waals surface area contributed by atoms with Crippen LogP contribution in [0.25, 0.3) is 11.3 Å². The Labute approximate surface area is 136 Å². The second-order valence-electron chi connectivity index (χ2n) is 5.11. The molecule has 0 radical (unpaired) electrons. The molecule has 3 rings (SSSR count). The number of halogens is 2. The molecule has 1 amide bonds. The monoisotopic (exact) mass is 328 g/mol. The number of aromatic nitrogens is 3. The van der Waals surface area contributed by atoms with Gasteiger partial charge in [-0.3, -0.25) is 14.9 Å². The number of carbonyl (C=O) groups is 1. The van der Waals surface area contributed by atoms with Gasteiger partial charge in [0.2, 0.25) is 0 Å². The van der Waals surface area contributed by atoms with Gasteiger partial charge in [0, 0.05) is 18.3 Å². The molecule has 0 aliphatic rings. The number of nitrogens with zero attached hydrogens (tertiary/aromatic N) is 2. The highest BCUT2D eigenvalue weighted by atomic mass is 19.3. The summed E-state index contributed by atoms with van der Waals surface area (Å²) in [6, 6.07) is 13.9. The molecule has 122 valence electrons. The molecule has 0 atom stereocenters. The van der Waals surface area contributed by atoms with E-state index in [-0.39, 0.29) is 18.1 Å². The van der Waals surface area contributed by atoms with E-state index in [0.29, 0.717) is 17.0 Å². The van der Waals surface area contributed by atoms with Gasteiger partial charge in [-0.25, -0.2) is 8.78 Å². The van der Waals surface area contributed by atoms with Crippen LogP contribution in [-0.2, 0) is 6.54 Å². The van der Waals surface area contributed by atoms with Crippen LogP contribution in [0.15, 0.2) is 54.7 Å². The van der Waals surface area contributed by atoms with E-state index in [1.165, 1.54) is 12.3 Å². The third kappa shape index (κ3) is 3.62. The van der Waals surface area contributed by atoms with Crippen molar-refractivity contribution in [3.05, 3.63) is 71.7 Å². The molecule has 0 aliphatic carbocycles. The number of hydrogen-bond donors (Lipinski definition) is 2. The lowest BCUT2D eigenvalue weighted by Crippen LogP contribution is -2.23. The fourth-order valence-electron chi connectivity index (χ4n) is 2.20. The molecule has 2 heterocycles. The molecule has 0 unspecified atom stereocenters. The smallest absolute Gasteiger partial charge is 0.280 e. The number of aromatic amines is 1. The summed E-state index contributed by atoms with van der Waals surface area (Å²) in [4.78, 5) is 15.7. The molecule has 0 saturated heterocycles. The minimum absolute atomic E-state index is 0.126. The fraction of sp³-hybridized carbons (Fsp3) is 0.118. The lowest BCUT2D eigenvalue weighted by molar-refractivity contribution is 0.0946. The van der Waals surface area contributed by atoms with Crippen LogP contribution in [0.4, 0.5) is 8.78 Å². The zero-order valence-corrected chi connectivity index (χ0v) is 12.5. The van der Waals surface area contributed by atoms with Crippen LogP contribution < -0.4 is 5.32 Å². The van der Waals surface area contributed by atoms with Crippen LogP contribution >= 0.6 is 0 Å². The van der Waals surface area contributed by atoms with Crippen LogP contribution in [0.2, 0.25) is 0 Å². The number of pyridine rings is 1. The van der Waals surface area contributed by atoms with E-state index in [1.54, 1.807) is 12.1 Å². The van der Waals surface area contributed by atoms with Gasteiger partial charge in [0.25, 0.3) is 12.3 Å². The van der Waals surface area contributed by atoms with E-state index < -0.39 is 6.43 Å². The highest BCUT2D eigenvalue weighted by Gasteiger charge is 2.12. The van der Waals surface area contributed by atoms with E-state index in [2.05, 4.69) is 20.5 Å². The number of alkyl halides is 2. The Balaban J connectivity index is 1.66. The molecule has 0 bridgehead atoms. The maximum atomic E-state index is 12.6. The Morgan fingerprint density at radius 3 is 2.71 bits per heavy atom. The summed E-state index contributed by atoms with van der Waals surface area (Å²) in [7, 11) is 0. The largest absolute Gasteiger partial charge is 0.347 e. The lowest BCUT2D eigenvalue weighted by Gasteiger charge is -2.05. The van der Waals surface area contributed by atoms with Gasteiger partial charge in [-0.1, -0.05) is 30.3 Å². The van der Waals surface area contributed by atoms with Crippen molar-refractivity contribution in [1.82, 2.24) is 20.5 Å². The van der Waals surface area contributed by atoms with Crippen molar-refractivity contribution in [2.45, 2.75) is 13.0 Å². The van der Waals surface area contributed by atoms with Gasteiger partial charge in [0.15, 0.2) is 0 Å². The van der Waals surface area contributed by atoms with E-state index in [9.17, 15) is 13.6 Å². The fourth-order valence-corrected chi connectivity index (χ4v) is 2.20. The highest BCUT2D eigenvalue weighted by Crippen LogP contribution is 2.18. The SMILES string of the molecule is O=C(NCc1ccnc(C(F)F)c1)c1cc(-c2ccccc2)n[nH]1. The van der Waals surface area contributed by atoms with Crippen molar-refractivity contribution in [3.8, 4) is 11.3 Å². The Hall–Kier alpha value is -3.09. The number of benzene rings is 1. The third-order valence-corrected chi connectivity index (χ3v) is 3.41. The summed E-state index contributed by atoms with van der Waals surface area (Å²) >= 11 is 0. The van der Waals surface area contributed by atoms with Crippen LogP contribution in [0.3, 0.4) is 0 Å². The van der Waals surface area contributed by atoms with Crippen LogP contribution in [0, 0.1) is 0 Å². The first-order valence-corrected chi connectivity index (χ1v) is 7.25. The molecule has 0 aliphatic heterocycles. The molecule has 5 nitrogen and oxygen atoms in total. The normalized spacial score (nSPS) is 10.8. The van der Waals surface area contributed by atoms with Gasteiger partial charge < -0.3 is 5.32 Å². The van der Waals surface area contributed by atoms with E-state index >= 15 is 0 Å². The second-order valence-corrected chi connectivity index (χ2v) is 5.11. The van der Waals surface area contributed by atoms with Gasteiger partial charge in [-0.2, -0.15) is 5.10 Å². The molecule has 1 aromatic carbocycles. The molecule has 0 saturated carbocycles. The molecular formula is C17H14F2N4O. The number of nitrogens with one attached hydrogen (secondary N) is 2. The Bertz CT molecular complexity index is 833.